The third-order valence-electron chi connectivity index (χ3n) is 4.00. The number of aliphatic hydroxyl groups is 1. The summed E-state index contributed by atoms with van der Waals surface area (Å²) in [7, 11) is 0. The summed E-state index contributed by atoms with van der Waals surface area (Å²) in [5, 5.41) is 12.7. The van der Waals surface area contributed by atoms with Crippen molar-refractivity contribution in [2.24, 2.45) is 0 Å². The Bertz CT molecular complexity index is 528. The van der Waals surface area contributed by atoms with Gasteiger partial charge in [-0.2, -0.15) is 8.78 Å². The summed E-state index contributed by atoms with van der Waals surface area (Å²) >= 11 is 0. The number of likely N-dealkylation sites (tertiary alicyclic amines) is 1. The van der Waals surface area contributed by atoms with E-state index in [4.69, 9.17) is 0 Å². The van der Waals surface area contributed by atoms with E-state index in [0.29, 0.717) is 18.2 Å². The second-order valence-corrected chi connectivity index (χ2v) is 5.73. The molecule has 2 N–H and O–H groups in total. The molecule has 1 amide bonds. The van der Waals surface area contributed by atoms with Crippen LogP contribution in [0.2, 0.25) is 0 Å². The molecule has 0 aromatic heterocycles. The molecule has 5 nitrogen and oxygen atoms in total. The van der Waals surface area contributed by atoms with Gasteiger partial charge in [-0.05, 0) is 44.0 Å². The van der Waals surface area contributed by atoms with E-state index in [9.17, 15) is 18.7 Å². The Morgan fingerprint density at radius 2 is 2.30 bits per heavy atom. The first kappa shape index (κ1) is 17.6. The molecular formula is C16H22F2N2O3. The van der Waals surface area contributed by atoms with Gasteiger partial charge in [0, 0.05) is 12.6 Å². The van der Waals surface area contributed by atoms with Gasteiger partial charge < -0.3 is 15.2 Å². The van der Waals surface area contributed by atoms with Gasteiger partial charge in [-0.25, -0.2) is 0 Å². The molecule has 23 heavy (non-hydrogen) atoms. The molecule has 1 fully saturated rings. The molecule has 0 bridgehead atoms. The highest BCUT2D eigenvalue weighted by Crippen LogP contribution is 2.20. The number of nitrogens with zero attached hydrogens (tertiary/aromatic N) is 1. The molecule has 0 saturated carbocycles. The molecule has 1 aromatic rings. The molecule has 0 aliphatic carbocycles. The van der Waals surface area contributed by atoms with Crippen LogP contribution in [0.5, 0.6) is 5.75 Å². The molecule has 0 radical (unpaired) electrons. The number of rotatable bonds is 7. The van der Waals surface area contributed by atoms with Crippen LogP contribution in [-0.2, 0) is 4.79 Å². The monoisotopic (exact) mass is 328 g/mol. The molecule has 1 heterocycles. The SMILES string of the molecule is CC1CCCN1CC(=O)NCC(O)c1cccc(OC(F)F)c1. The maximum absolute atomic E-state index is 12.2. The molecule has 128 valence electrons. The summed E-state index contributed by atoms with van der Waals surface area (Å²) < 4.78 is 28.7. The van der Waals surface area contributed by atoms with E-state index in [1.807, 2.05) is 0 Å². The number of hydrogen-bond donors (Lipinski definition) is 2. The van der Waals surface area contributed by atoms with Crippen LogP contribution in [0.4, 0.5) is 8.78 Å². The van der Waals surface area contributed by atoms with Crippen LogP contribution in [0.3, 0.4) is 0 Å². The summed E-state index contributed by atoms with van der Waals surface area (Å²) in [6.45, 7) is 0.416. The zero-order valence-electron chi connectivity index (χ0n) is 13.0. The van der Waals surface area contributed by atoms with Crippen LogP contribution < -0.4 is 10.1 Å². The molecule has 7 heteroatoms. The van der Waals surface area contributed by atoms with Gasteiger partial charge >= 0.3 is 6.61 Å². The average molecular weight is 328 g/mol. The van der Waals surface area contributed by atoms with Gasteiger partial charge in [0.05, 0.1) is 12.6 Å². The van der Waals surface area contributed by atoms with Crippen LogP contribution in [0.1, 0.15) is 31.4 Å². The van der Waals surface area contributed by atoms with Crippen molar-refractivity contribution in [1.82, 2.24) is 10.2 Å². The van der Waals surface area contributed by atoms with Gasteiger partial charge in [0.25, 0.3) is 0 Å². The van der Waals surface area contributed by atoms with Crippen molar-refractivity contribution < 1.29 is 23.4 Å². The largest absolute Gasteiger partial charge is 0.435 e. The smallest absolute Gasteiger partial charge is 0.387 e. The van der Waals surface area contributed by atoms with Crippen LogP contribution in [0, 0.1) is 0 Å². The maximum Gasteiger partial charge on any atom is 0.387 e. The lowest BCUT2D eigenvalue weighted by Crippen LogP contribution is -2.40. The zero-order chi connectivity index (χ0) is 16.8. The molecule has 1 aromatic carbocycles. The van der Waals surface area contributed by atoms with E-state index in [2.05, 4.69) is 21.9 Å². The van der Waals surface area contributed by atoms with Crippen LogP contribution in [0.15, 0.2) is 24.3 Å². The van der Waals surface area contributed by atoms with Gasteiger partial charge in [-0.1, -0.05) is 12.1 Å². The van der Waals surface area contributed by atoms with Gasteiger partial charge in [0.2, 0.25) is 5.91 Å². The lowest BCUT2D eigenvalue weighted by Gasteiger charge is -2.21. The predicted molar refractivity (Wildman–Crippen MR) is 81.3 cm³/mol. The van der Waals surface area contributed by atoms with Gasteiger partial charge in [-0.15, -0.1) is 0 Å². The highest BCUT2D eigenvalue weighted by molar-refractivity contribution is 5.78. The molecule has 2 rings (SSSR count). The summed E-state index contributed by atoms with van der Waals surface area (Å²) in [5.74, 6) is -0.174. The molecular weight excluding hydrogens is 306 g/mol. The fourth-order valence-electron chi connectivity index (χ4n) is 2.69. The molecule has 1 aliphatic rings. The van der Waals surface area contributed by atoms with Crippen LogP contribution in [-0.4, -0.2) is 48.2 Å². The van der Waals surface area contributed by atoms with E-state index in [1.165, 1.54) is 18.2 Å². The number of aliphatic hydroxyl groups excluding tert-OH is 1. The highest BCUT2D eigenvalue weighted by atomic mass is 19.3. The average Bonchev–Trinajstić information content (AvgIpc) is 2.89. The fourth-order valence-corrected chi connectivity index (χ4v) is 2.69. The third kappa shape index (κ3) is 5.44. The number of nitrogens with one attached hydrogen (secondary N) is 1. The topological polar surface area (TPSA) is 61.8 Å². The Morgan fingerprint density at radius 1 is 1.52 bits per heavy atom. The second-order valence-electron chi connectivity index (χ2n) is 5.73. The Morgan fingerprint density at radius 3 is 2.96 bits per heavy atom. The predicted octanol–water partition coefficient (Wildman–Crippen LogP) is 1.92. The van der Waals surface area contributed by atoms with Crippen molar-refractivity contribution in [3.05, 3.63) is 29.8 Å². The first-order valence-corrected chi connectivity index (χ1v) is 7.69. The number of carbonyl (C=O) groups excluding carboxylic acids is 1. The molecule has 0 spiro atoms. The normalized spacial score (nSPS) is 19.8. The molecule has 1 aliphatic heterocycles. The molecule has 1 saturated heterocycles. The first-order valence-electron chi connectivity index (χ1n) is 7.69. The van der Waals surface area contributed by atoms with Crippen LogP contribution in [0.25, 0.3) is 0 Å². The fraction of sp³-hybridized carbons (Fsp3) is 0.562. The van der Waals surface area contributed by atoms with Crippen molar-refractivity contribution >= 4 is 5.91 Å². The Hall–Kier alpha value is -1.73. The van der Waals surface area contributed by atoms with Crippen LogP contribution >= 0.6 is 0 Å². The number of ether oxygens (including phenoxy) is 1. The number of hydrogen-bond acceptors (Lipinski definition) is 4. The second kappa shape index (κ2) is 8.21. The van der Waals surface area contributed by atoms with E-state index < -0.39 is 12.7 Å². The number of carbonyl (C=O) groups is 1. The zero-order valence-corrected chi connectivity index (χ0v) is 13.0. The van der Waals surface area contributed by atoms with E-state index in [-0.39, 0.29) is 18.2 Å². The van der Waals surface area contributed by atoms with Crippen molar-refractivity contribution in [2.45, 2.75) is 38.5 Å². The quantitative estimate of drug-likeness (QED) is 0.803. The molecule has 2 unspecified atom stereocenters. The number of halogens is 2. The number of amides is 1. The number of benzene rings is 1. The van der Waals surface area contributed by atoms with Crippen molar-refractivity contribution in [1.29, 1.82) is 0 Å². The van der Waals surface area contributed by atoms with Crippen molar-refractivity contribution in [2.75, 3.05) is 19.6 Å². The lowest BCUT2D eigenvalue weighted by atomic mass is 10.1. The minimum absolute atomic E-state index is 0.0197. The Balaban J connectivity index is 1.82. The van der Waals surface area contributed by atoms with Crippen molar-refractivity contribution in [3.8, 4) is 5.75 Å². The molecule has 2 atom stereocenters. The lowest BCUT2D eigenvalue weighted by molar-refractivity contribution is -0.122. The van der Waals surface area contributed by atoms with E-state index in [0.717, 1.165) is 19.4 Å². The number of alkyl halides is 2. The summed E-state index contributed by atoms with van der Waals surface area (Å²) in [6.07, 6.45) is 1.21. The highest BCUT2D eigenvalue weighted by Gasteiger charge is 2.22. The van der Waals surface area contributed by atoms with Crippen molar-refractivity contribution in [3.63, 3.8) is 0 Å². The van der Waals surface area contributed by atoms with E-state index in [1.54, 1.807) is 6.07 Å². The Kier molecular flexibility index (Phi) is 6.29. The van der Waals surface area contributed by atoms with Gasteiger partial charge in [0.1, 0.15) is 5.75 Å². The maximum atomic E-state index is 12.2. The minimum atomic E-state index is -2.91. The van der Waals surface area contributed by atoms with Gasteiger partial charge in [0.15, 0.2) is 0 Å². The third-order valence-corrected chi connectivity index (χ3v) is 4.00. The first-order chi connectivity index (χ1) is 11.0. The summed E-state index contributed by atoms with van der Waals surface area (Å²) in [5.41, 5.74) is 0.415. The summed E-state index contributed by atoms with van der Waals surface area (Å²) in [4.78, 5) is 14.0. The Labute approximate surface area is 134 Å². The van der Waals surface area contributed by atoms with E-state index >= 15 is 0 Å². The summed E-state index contributed by atoms with van der Waals surface area (Å²) in [6, 6.07) is 6.23. The minimum Gasteiger partial charge on any atom is -0.435 e. The van der Waals surface area contributed by atoms with Gasteiger partial charge in [-0.3, -0.25) is 9.69 Å². The standard InChI is InChI=1S/C16H22F2N2O3/c1-11-4-3-7-20(11)10-15(22)19-9-14(21)12-5-2-6-13(8-12)23-16(17)18/h2,5-6,8,11,14,16,21H,3-4,7,9-10H2,1H3,(H,19,22).